The first-order chi connectivity index (χ1) is 16.5. The maximum Gasteiger partial charge on any atom is 0.308 e. The number of esters is 1. The van der Waals surface area contributed by atoms with Crippen LogP contribution in [0.15, 0.2) is 47.7 Å². The zero-order chi connectivity index (χ0) is 24.1. The first-order valence-electron chi connectivity index (χ1n) is 11.3. The summed E-state index contributed by atoms with van der Waals surface area (Å²) in [4.78, 5) is 46.0. The normalized spacial score (nSPS) is 17.8. The number of amides is 1. The molecule has 0 aliphatic heterocycles. The van der Waals surface area contributed by atoms with E-state index in [-0.39, 0.29) is 35.0 Å². The average molecular weight is 465 g/mol. The highest BCUT2D eigenvalue weighted by atomic mass is 16.5. The molecule has 1 saturated carbocycles. The van der Waals surface area contributed by atoms with Gasteiger partial charge < -0.3 is 14.8 Å². The summed E-state index contributed by atoms with van der Waals surface area (Å²) in [5, 5.41) is 3.18. The minimum atomic E-state index is -0.367. The summed E-state index contributed by atoms with van der Waals surface area (Å²) < 4.78 is 11.6. The van der Waals surface area contributed by atoms with Crippen LogP contribution in [0.1, 0.15) is 41.7 Å². The molecule has 0 unspecified atom stereocenters. The molecule has 3 aromatic rings. The molecule has 1 aliphatic carbocycles. The van der Waals surface area contributed by atoms with Gasteiger partial charge in [0.1, 0.15) is 11.4 Å². The number of nitrogens with zero attached hydrogens (tertiary/aromatic N) is 3. The Morgan fingerprint density at radius 2 is 1.82 bits per heavy atom. The van der Waals surface area contributed by atoms with Crippen LogP contribution in [0.2, 0.25) is 0 Å². The van der Waals surface area contributed by atoms with E-state index in [1.165, 1.54) is 25.7 Å². The summed E-state index contributed by atoms with van der Waals surface area (Å²) in [5.41, 5.74) is 1.33. The Morgan fingerprint density at radius 1 is 1.09 bits per heavy atom. The van der Waals surface area contributed by atoms with Crippen LogP contribution < -0.4 is 15.6 Å². The van der Waals surface area contributed by atoms with Gasteiger partial charge in [-0.1, -0.05) is 12.1 Å². The van der Waals surface area contributed by atoms with E-state index in [9.17, 15) is 14.4 Å². The van der Waals surface area contributed by atoms with Gasteiger partial charge in [0.25, 0.3) is 11.5 Å². The van der Waals surface area contributed by atoms with Crippen LogP contribution >= 0.6 is 0 Å². The van der Waals surface area contributed by atoms with E-state index in [2.05, 4.69) is 15.3 Å². The minimum Gasteiger partial charge on any atom is -0.497 e. The highest BCUT2D eigenvalue weighted by Crippen LogP contribution is 2.30. The molecule has 0 saturated heterocycles. The van der Waals surface area contributed by atoms with Crippen molar-refractivity contribution in [2.24, 2.45) is 11.8 Å². The molecule has 178 valence electrons. The summed E-state index contributed by atoms with van der Waals surface area (Å²) in [6, 6.07) is 8.89. The van der Waals surface area contributed by atoms with Gasteiger partial charge in [-0.25, -0.2) is 9.97 Å². The molecule has 1 fully saturated rings. The number of aromatic nitrogens is 3. The molecule has 1 aliphatic rings. The number of carbonyl (C=O) groups excluding carboxylic acids is 2. The van der Waals surface area contributed by atoms with Gasteiger partial charge in [0.2, 0.25) is 0 Å². The van der Waals surface area contributed by atoms with Gasteiger partial charge in [-0.05, 0) is 55.4 Å². The number of hydrogen-bond acceptors (Lipinski definition) is 7. The Hall–Kier alpha value is -3.75. The molecule has 4 rings (SSSR count). The quantitative estimate of drug-likeness (QED) is 0.535. The topological polar surface area (TPSA) is 112 Å². The van der Waals surface area contributed by atoms with Crippen molar-refractivity contribution in [1.82, 2.24) is 19.9 Å². The standard InChI is InChI=1S/C25H28N4O5/c1-33-19-9-5-16(6-10-19)12-27-23(30)21-11-20-22(13-26-21)28-15-29(24(20)31)14-17-3-7-18(8-4-17)25(32)34-2/h5-6,9-11,13,15,17-18H,3-4,7-8,12,14H2,1-2H3,(H,27,30). The van der Waals surface area contributed by atoms with Crippen LogP contribution in [0.5, 0.6) is 5.75 Å². The number of rotatable bonds is 7. The van der Waals surface area contributed by atoms with Crippen LogP contribution in [0.25, 0.3) is 10.9 Å². The highest BCUT2D eigenvalue weighted by molar-refractivity contribution is 5.95. The number of benzene rings is 1. The summed E-state index contributed by atoms with van der Waals surface area (Å²) in [6.45, 7) is 0.852. The number of fused-ring (bicyclic) bond motifs is 1. The maximum absolute atomic E-state index is 13.1. The third kappa shape index (κ3) is 5.24. The van der Waals surface area contributed by atoms with E-state index in [4.69, 9.17) is 9.47 Å². The second-order valence-corrected chi connectivity index (χ2v) is 8.56. The summed E-state index contributed by atoms with van der Waals surface area (Å²) in [7, 11) is 3.01. The van der Waals surface area contributed by atoms with Gasteiger partial charge in [-0.2, -0.15) is 0 Å². The van der Waals surface area contributed by atoms with Crippen LogP contribution in [-0.2, 0) is 22.6 Å². The maximum atomic E-state index is 13.1. The Bertz CT molecular complexity index is 1230. The predicted molar refractivity (Wildman–Crippen MR) is 125 cm³/mol. The number of pyridine rings is 1. The number of ether oxygens (including phenoxy) is 2. The number of methoxy groups -OCH3 is 2. The lowest BCUT2D eigenvalue weighted by Gasteiger charge is -2.27. The van der Waals surface area contributed by atoms with E-state index >= 15 is 0 Å². The van der Waals surface area contributed by atoms with Crippen molar-refractivity contribution in [3.05, 3.63) is 64.5 Å². The molecule has 9 nitrogen and oxygen atoms in total. The van der Waals surface area contributed by atoms with E-state index in [1.807, 2.05) is 24.3 Å². The summed E-state index contributed by atoms with van der Waals surface area (Å²) in [6.07, 6.45) is 6.19. The fourth-order valence-corrected chi connectivity index (χ4v) is 4.36. The van der Waals surface area contributed by atoms with E-state index in [0.29, 0.717) is 24.0 Å². The molecule has 2 heterocycles. The number of nitrogens with one attached hydrogen (secondary N) is 1. The predicted octanol–water partition coefficient (Wildman–Crippen LogP) is 2.71. The van der Waals surface area contributed by atoms with Crippen molar-refractivity contribution >= 4 is 22.8 Å². The molecule has 0 spiro atoms. The molecular formula is C25H28N4O5. The zero-order valence-electron chi connectivity index (χ0n) is 19.3. The summed E-state index contributed by atoms with van der Waals surface area (Å²) >= 11 is 0. The van der Waals surface area contributed by atoms with E-state index < -0.39 is 0 Å². The van der Waals surface area contributed by atoms with E-state index in [1.54, 1.807) is 11.7 Å². The van der Waals surface area contributed by atoms with Crippen molar-refractivity contribution in [3.8, 4) is 5.75 Å². The van der Waals surface area contributed by atoms with E-state index in [0.717, 1.165) is 37.0 Å². The Labute approximate surface area is 197 Å². The van der Waals surface area contributed by atoms with Crippen molar-refractivity contribution in [2.75, 3.05) is 14.2 Å². The fourth-order valence-electron chi connectivity index (χ4n) is 4.36. The lowest BCUT2D eigenvalue weighted by atomic mass is 9.82. The molecule has 0 radical (unpaired) electrons. The fraction of sp³-hybridized carbons (Fsp3) is 0.400. The molecule has 9 heteroatoms. The highest BCUT2D eigenvalue weighted by Gasteiger charge is 2.27. The van der Waals surface area contributed by atoms with Gasteiger partial charge in [0, 0.05) is 13.1 Å². The zero-order valence-corrected chi connectivity index (χ0v) is 19.3. The van der Waals surface area contributed by atoms with Crippen LogP contribution in [-0.4, -0.2) is 40.6 Å². The SMILES string of the molecule is COC(=O)C1CCC(Cn2cnc3cnc(C(=O)NCc4ccc(OC)cc4)cc3c2=O)CC1. The lowest BCUT2D eigenvalue weighted by molar-refractivity contribution is -0.146. The smallest absolute Gasteiger partial charge is 0.308 e. The average Bonchev–Trinajstić information content (AvgIpc) is 2.89. The lowest BCUT2D eigenvalue weighted by Crippen LogP contribution is -2.29. The van der Waals surface area contributed by atoms with Gasteiger partial charge >= 0.3 is 5.97 Å². The van der Waals surface area contributed by atoms with Crippen LogP contribution in [0.4, 0.5) is 0 Å². The molecule has 1 N–H and O–H groups in total. The van der Waals surface area contributed by atoms with Crippen molar-refractivity contribution in [1.29, 1.82) is 0 Å². The van der Waals surface area contributed by atoms with Gasteiger partial charge in [-0.15, -0.1) is 0 Å². The largest absolute Gasteiger partial charge is 0.497 e. The first kappa shape index (κ1) is 23.4. The van der Waals surface area contributed by atoms with Crippen LogP contribution in [0, 0.1) is 11.8 Å². The molecule has 0 bridgehead atoms. The van der Waals surface area contributed by atoms with Gasteiger partial charge in [-0.3, -0.25) is 19.0 Å². The Kier molecular flexibility index (Phi) is 7.20. The number of carbonyl (C=O) groups is 2. The molecule has 0 atom stereocenters. The summed E-state index contributed by atoms with van der Waals surface area (Å²) in [5.74, 6) is 0.443. The van der Waals surface area contributed by atoms with Crippen LogP contribution in [0.3, 0.4) is 0 Å². The molecular weight excluding hydrogens is 436 g/mol. The monoisotopic (exact) mass is 464 g/mol. The minimum absolute atomic E-state index is 0.0576. The Balaban J connectivity index is 1.44. The number of hydrogen-bond donors (Lipinski definition) is 1. The van der Waals surface area contributed by atoms with Crippen molar-refractivity contribution < 1.29 is 19.1 Å². The molecule has 1 aromatic carbocycles. The Morgan fingerprint density at radius 3 is 2.50 bits per heavy atom. The molecule has 2 aromatic heterocycles. The van der Waals surface area contributed by atoms with Crippen molar-refractivity contribution in [3.63, 3.8) is 0 Å². The first-order valence-corrected chi connectivity index (χ1v) is 11.3. The third-order valence-electron chi connectivity index (χ3n) is 6.39. The van der Waals surface area contributed by atoms with Crippen molar-refractivity contribution in [2.45, 2.75) is 38.8 Å². The third-order valence-corrected chi connectivity index (χ3v) is 6.39. The second kappa shape index (κ2) is 10.5. The van der Waals surface area contributed by atoms with Gasteiger partial charge in [0.05, 0.1) is 43.6 Å². The molecule has 1 amide bonds. The van der Waals surface area contributed by atoms with Gasteiger partial charge in [0.15, 0.2) is 0 Å². The molecule has 34 heavy (non-hydrogen) atoms. The second-order valence-electron chi connectivity index (χ2n) is 8.56.